The Balaban J connectivity index is 2.38. The van der Waals surface area contributed by atoms with Crippen molar-refractivity contribution in [1.82, 2.24) is 4.98 Å². The number of aliphatic hydroxyl groups is 1. The Morgan fingerprint density at radius 3 is 2.80 bits per heavy atom. The predicted octanol–water partition coefficient (Wildman–Crippen LogP) is 1.98. The first kappa shape index (κ1) is 11.0. The van der Waals surface area contributed by atoms with E-state index in [4.69, 9.17) is 4.74 Å². The lowest BCUT2D eigenvalue weighted by Crippen LogP contribution is -2.34. The zero-order valence-electron chi connectivity index (χ0n) is 8.04. The first-order valence-electron chi connectivity index (χ1n) is 4.73. The third-order valence-corrected chi connectivity index (χ3v) is 3.06. The molecule has 1 aliphatic rings. The van der Waals surface area contributed by atoms with Gasteiger partial charge in [-0.05, 0) is 22.0 Å². The van der Waals surface area contributed by atoms with E-state index in [-0.39, 0.29) is 5.56 Å². The molecule has 1 saturated heterocycles. The van der Waals surface area contributed by atoms with Gasteiger partial charge >= 0.3 is 0 Å². The molecule has 82 valence electrons. The molecule has 0 bridgehead atoms. The highest BCUT2D eigenvalue weighted by Crippen LogP contribution is 2.33. The van der Waals surface area contributed by atoms with E-state index in [1.807, 2.05) is 0 Å². The largest absolute Gasteiger partial charge is 0.385 e. The molecule has 5 heteroatoms. The van der Waals surface area contributed by atoms with Gasteiger partial charge in [-0.1, -0.05) is 0 Å². The van der Waals surface area contributed by atoms with Crippen LogP contribution in [0.4, 0.5) is 4.39 Å². The summed E-state index contributed by atoms with van der Waals surface area (Å²) >= 11 is 3.22. The molecule has 0 aromatic carbocycles. The monoisotopic (exact) mass is 275 g/mol. The fourth-order valence-electron chi connectivity index (χ4n) is 1.73. The standard InChI is InChI=1S/C10H11BrFNO2/c11-7-5-8(9(12)13-6-7)10(14)1-3-15-4-2-10/h5-6,14H,1-4H2. The Morgan fingerprint density at radius 2 is 2.13 bits per heavy atom. The summed E-state index contributed by atoms with van der Waals surface area (Å²) in [5.74, 6) is -0.609. The SMILES string of the molecule is OC1(c2cc(Br)cnc2F)CCOCC1. The Labute approximate surface area is 95.4 Å². The number of halogens is 2. The van der Waals surface area contributed by atoms with Crippen molar-refractivity contribution in [3.8, 4) is 0 Å². The van der Waals surface area contributed by atoms with Crippen molar-refractivity contribution in [2.75, 3.05) is 13.2 Å². The topological polar surface area (TPSA) is 42.4 Å². The molecule has 15 heavy (non-hydrogen) atoms. The molecular formula is C10H11BrFNO2. The summed E-state index contributed by atoms with van der Waals surface area (Å²) in [6, 6.07) is 1.58. The minimum atomic E-state index is -1.14. The van der Waals surface area contributed by atoms with Gasteiger partial charge < -0.3 is 9.84 Å². The number of pyridine rings is 1. The molecule has 1 fully saturated rings. The van der Waals surface area contributed by atoms with Crippen molar-refractivity contribution in [3.05, 3.63) is 28.2 Å². The van der Waals surface area contributed by atoms with Crippen molar-refractivity contribution in [2.24, 2.45) is 0 Å². The molecule has 2 heterocycles. The fraction of sp³-hybridized carbons (Fsp3) is 0.500. The second-order valence-electron chi connectivity index (χ2n) is 3.64. The van der Waals surface area contributed by atoms with Crippen LogP contribution in [-0.2, 0) is 10.3 Å². The van der Waals surface area contributed by atoms with Crippen LogP contribution in [-0.4, -0.2) is 23.3 Å². The molecule has 1 aromatic rings. The van der Waals surface area contributed by atoms with E-state index in [9.17, 15) is 9.50 Å². The van der Waals surface area contributed by atoms with Crippen LogP contribution in [0.15, 0.2) is 16.7 Å². The number of ether oxygens (including phenoxy) is 1. The van der Waals surface area contributed by atoms with Gasteiger partial charge in [-0.3, -0.25) is 0 Å². The quantitative estimate of drug-likeness (QED) is 0.797. The van der Waals surface area contributed by atoms with Crippen LogP contribution in [0.25, 0.3) is 0 Å². The average Bonchev–Trinajstić information content (AvgIpc) is 2.23. The van der Waals surface area contributed by atoms with Crippen LogP contribution in [0.5, 0.6) is 0 Å². The van der Waals surface area contributed by atoms with Gasteiger partial charge in [-0.2, -0.15) is 4.39 Å². The summed E-state index contributed by atoms with van der Waals surface area (Å²) in [4.78, 5) is 3.58. The number of rotatable bonds is 1. The van der Waals surface area contributed by atoms with Gasteiger partial charge in [-0.25, -0.2) is 4.98 Å². The van der Waals surface area contributed by atoms with Crippen molar-refractivity contribution in [3.63, 3.8) is 0 Å². The Morgan fingerprint density at radius 1 is 1.47 bits per heavy atom. The number of aromatic nitrogens is 1. The van der Waals surface area contributed by atoms with Crippen molar-refractivity contribution >= 4 is 15.9 Å². The van der Waals surface area contributed by atoms with Gasteiger partial charge in [0.25, 0.3) is 0 Å². The molecule has 0 atom stereocenters. The summed E-state index contributed by atoms with van der Waals surface area (Å²) in [6.45, 7) is 0.894. The predicted molar refractivity (Wildman–Crippen MR) is 55.8 cm³/mol. The summed E-state index contributed by atoms with van der Waals surface area (Å²) in [7, 11) is 0. The number of hydrogen-bond donors (Lipinski definition) is 1. The molecule has 0 saturated carbocycles. The summed E-state index contributed by atoms with van der Waals surface area (Å²) in [5.41, 5.74) is -0.890. The summed E-state index contributed by atoms with van der Waals surface area (Å²) in [5, 5.41) is 10.3. The highest BCUT2D eigenvalue weighted by molar-refractivity contribution is 9.10. The van der Waals surface area contributed by atoms with Crippen LogP contribution in [0, 0.1) is 5.95 Å². The maximum atomic E-state index is 13.5. The first-order valence-corrected chi connectivity index (χ1v) is 5.53. The van der Waals surface area contributed by atoms with Gasteiger partial charge in [0.1, 0.15) is 0 Å². The third-order valence-electron chi connectivity index (χ3n) is 2.63. The van der Waals surface area contributed by atoms with Crippen molar-refractivity contribution in [2.45, 2.75) is 18.4 Å². The van der Waals surface area contributed by atoms with Crippen molar-refractivity contribution < 1.29 is 14.2 Å². The van der Waals surface area contributed by atoms with E-state index in [0.29, 0.717) is 30.5 Å². The van der Waals surface area contributed by atoms with Gasteiger partial charge in [0.15, 0.2) is 0 Å². The van der Waals surface area contributed by atoms with E-state index < -0.39 is 11.5 Å². The number of hydrogen-bond acceptors (Lipinski definition) is 3. The zero-order valence-corrected chi connectivity index (χ0v) is 9.63. The molecule has 1 aromatic heterocycles. The molecule has 3 nitrogen and oxygen atoms in total. The van der Waals surface area contributed by atoms with E-state index in [2.05, 4.69) is 20.9 Å². The second kappa shape index (κ2) is 4.15. The average molecular weight is 276 g/mol. The van der Waals surface area contributed by atoms with E-state index in [1.54, 1.807) is 6.07 Å². The fourth-order valence-corrected chi connectivity index (χ4v) is 2.06. The Hall–Kier alpha value is -0.520. The van der Waals surface area contributed by atoms with Gasteiger partial charge in [0, 0.05) is 42.3 Å². The minimum absolute atomic E-state index is 0.250. The Bertz CT molecular complexity index is 366. The molecule has 1 aliphatic heterocycles. The molecular weight excluding hydrogens is 265 g/mol. The molecule has 0 unspecified atom stereocenters. The normalized spacial score (nSPS) is 20.2. The lowest BCUT2D eigenvalue weighted by atomic mass is 9.87. The van der Waals surface area contributed by atoms with Gasteiger partial charge in [0.2, 0.25) is 5.95 Å². The van der Waals surface area contributed by atoms with Crippen LogP contribution in [0.3, 0.4) is 0 Å². The summed E-state index contributed by atoms with van der Waals surface area (Å²) < 4.78 is 19.3. The van der Waals surface area contributed by atoms with Crippen LogP contribution in [0.1, 0.15) is 18.4 Å². The van der Waals surface area contributed by atoms with Gasteiger partial charge in [0.05, 0.1) is 5.60 Å². The maximum Gasteiger partial charge on any atom is 0.219 e. The molecule has 1 N–H and O–H groups in total. The molecule has 0 aliphatic carbocycles. The molecule has 0 radical (unpaired) electrons. The molecule has 0 spiro atoms. The summed E-state index contributed by atoms with van der Waals surface area (Å²) in [6.07, 6.45) is 2.19. The highest BCUT2D eigenvalue weighted by atomic mass is 79.9. The van der Waals surface area contributed by atoms with E-state index in [1.165, 1.54) is 6.20 Å². The molecule has 0 amide bonds. The highest BCUT2D eigenvalue weighted by Gasteiger charge is 2.34. The molecule has 2 rings (SSSR count). The van der Waals surface area contributed by atoms with Gasteiger partial charge in [-0.15, -0.1) is 0 Å². The minimum Gasteiger partial charge on any atom is -0.385 e. The van der Waals surface area contributed by atoms with Crippen LogP contribution in [0.2, 0.25) is 0 Å². The Kier molecular flexibility index (Phi) is 3.04. The van der Waals surface area contributed by atoms with Crippen LogP contribution >= 0.6 is 15.9 Å². The zero-order chi connectivity index (χ0) is 10.9. The first-order chi connectivity index (χ1) is 7.12. The lowest BCUT2D eigenvalue weighted by Gasteiger charge is -2.32. The second-order valence-corrected chi connectivity index (χ2v) is 4.55. The van der Waals surface area contributed by atoms with E-state index in [0.717, 1.165) is 0 Å². The lowest BCUT2D eigenvalue weighted by molar-refractivity contribution is -0.0702. The van der Waals surface area contributed by atoms with Crippen molar-refractivity contribution in [1.29, 1.82) is 0 Å². The van der Waals surface area contributed by atoms with Crippen LogP contribution < -0.4 is 0 Å². The van der Waals surface area contributed by atoms with E-state index >= 15 is 0 Å². The smallest absolute Gasteiger partial charge is 0.219 e. The third kappa shape index (κ3) is 2.19. The maximum absolute atomic E-state index is 13.5. The number of nitrogens with zero attached hydrogens (tertiary/aromatic N) is 1.